The topological polar surface area (TPSA) is 72.6 Å². The van der Waals surface area contributed by atoms with Crippen molar-refractivity contribution in [1.29, 1.82) is 0 Å². The maximum absolute atomic E-state index is 12.5. The summed E-state index contributed by atoms with van der Waals surface area (Å²) in [6.45, 7) is 1.61. The SMILES string of the molecule is Cc1cc(CSc2ccccc2C(=O)OCC(=O)N(C)C2CCCCC2)no1. The van der Waals surface area contributed by atoms with Gasteiger partial charge in [-0.2, -0.15) is 0 Å². The number of nitrogens with zero attached hydrogens (tertiary/aromatic N) is 2. The standard InChI is InChI=1S/C21H26N2O4S/c1-15-12-16(22-27-15)14-28-19-11-7-6-10-18(19)21(25)26-13-20(24)23(2)17-8-4-3-5-9-17/h6-7,10-12,17H,3-5,8-9,13-14H2,1-2H3. The van der Waals surface area contributed by atoms with E-state index in [2.05, 4.69) is 5.16 Å². The molecule has 0 unspecified atom stereocenters. The van der Waals surface area contributed by atoms with Gasteiger partial charge in [-0.1, -0.05) is 36.6 Å². The first kappa shape index (κ1) is 20.5. The van der Waals surface area contributed by atoms with E-state index in [9.17, 15) is 9.59 Å². The molecule has 0 saturated heterocycles. The van der Waals surface area contributed by atoms with Crippen LogP contribution >= 0.6 is 11.8 Å². The third kappa shape index (κ3) is 5.38. The number of carbonyl (C=O) groups excluding carboxylic acids is 2. The molecule has 1 saturated carbocycles. The predicted octanol–water partition coefficient (Wildman–Crippen LogP) is 4.22. The summed E-state index contributed by atoms with van der Waals surface area (Å²) in [5, 5.41) is 3.97. The predicted molar refractivity (Wildman–Crippen MR) is 107 cm³/mol. The normalized spacial score (nSPS) is 14.6. The molecule has 1 fully saturated rings. The number of hydrogen-bond donors (Lipinski definition) is 0. The zero-order valence-corrected chi connectivity index (χ0v) is 17.2. The maximum atomic E-state index is 12.5. The van der Waals surface area contributed by atoms with Gasteiger partial charge in [-0.25, -0.2) is 4.79 Å². The number of benzene rings is 1. The van der Waals surface area contributed by atoms with Gasteiger partial charge in [0.2, 0.25) is 0 Å². The average molecular weight is 403 g/mol. The second-order valence-electron chi connectivity index (χ2n) is 7.09. The number of likely N-dealkylation sites (N-methyl/N-ethyl adjacent to an activating group) is 1. The molecular weight excluding hydrogens is 376 g/mol. The molecule has 0 spiro atoms. The van der Waals surface area contributed by atoms with E-state index in [1.807, 2.05) is 25.1 Å². The van der Waals surface area contributed by atoms with E-state index in [1.54, 1.807) is 24.1 Å². The number of rotatable bonds is 7. The molecule has 0 atom stereocenters. The van der Waals surface area contributed by atoms with Crippen molar-refractivity contribution < 1.29 is 18.8 Å². The van der Waals surface area contributed by atoms with Gasteiger partial charge < -0.3 is 14.2 Å². The number of amides is 1. The lowest BCUT2D eigenvalue weighted by molar-refractivity contribution is -0.135. The summed E-state index contributed by atoms with van der Waals surface area (Å²) in [7, 11) is 1.80. The summed E-state index contributed by atoms with van der Waals surface area (Å²) >= 11 is 1.49. The molecule has 28 heavy (non-hydrogen) atoms. The van der Waals surface area contributed by atoms with E-state index < -0.39 is 5.97 Å². The van der Waals surface area contributed by atoms with E-state index in [-0.39, 0.29) is 18.6 Å². The largest absolute Gasteiger partial charge is 0.452 e. The number of hydrogen-bond acceptors (Lipinski definition) is 6. The Hall–Kier alpha value is -2.28. The Morgan fingerprint density at radius 1 is 1.25 bits per heavy atom. The Morgan fingerprint density at radius 2 is 2.00 bits per heavy atom. The Labute approximate surface area is 169 Å². The number of thioether (sulfide) groups is 1. The molecular formula is C21H26N2O4S. The van der Waals surface area contributed by atoms with Crippen molar-refractivity contribution in [2.45, 2.75) is 55.7 Å². The molecule has 1 heterocycles. The van der Waals surface area contributed by atoms with Gasteiger partial charge in [-0.05, 0) is 31.9 Å². The fourth-order valence-electron chi connectivity index (χ4n) is 3.38. The molecule has 1 aliphatic carbocycles. The van der Waals surface area contributed by atoms with Crippen molar-refractivity contribution >= 4 is 23.6 Å². The first-order valence-corrected chi connectivity index (χ1v) is 10.6. The minimum atomic E-state index is -0.482. The van der Waals surface area contributed by atoms with E-state index in [0.717, 1.165) is 42.0 Å². The highest BCUT2D eigenvalue weighted by Crippen LogP contribution is 2.27. The quantitative estimate of drug-likeness (QED) is 0.510. The van der Waals surface area contributed by atoms with Gasteiger partial charge in [0.25, 0.3) is 5.91 Å². The molecule has 0 aliphatic heterocycles. The molecule has 0 N–H and O–H groups in total. The highest BCUT2D eigenvalue weighted by atomic mass is 32.2. The summed E-state index contributed by atoms with van der Waals surface area (Å²) in [6.07, 6.45) is 5.58. The molecule has 1 aromatic carbocycles. The summed E-state index contributed by atoms with van der Waals surface area (Å²) in [5.41, 5.74) is 1.27. The van der Waals surface area contributed by atoms with Crippen LogP contribution in [0.15, 0.2) is 39.8 Å². The van der Waals surface area contributed by atoms with E-state index in [1.165, 1.54) is 18.2 Å². The Morgan fingerprint density at radius 3 is 2.71 bits per heavy atom. The fraction of sp³-hybridized carbons (Fsp3) is 0.476. The molecule has 1 amide bonds. The average Bonchev–Trinajstić information content (AvgIpc) is 3.15. The van der Waals surface area contributed by atoms with Crippen LogP contribution in [0.25, 0.3) is 0 Å². The Kier molecular flexibility index (Phi) is 7.14. The number of aryl methyl sites for hydroxylation is 1. The lowest BCUT2D eigenvalue weighted by Gasteiger charge is -2.31. The molecule has 150 valence electrons. The molecule has 1 aliphatic rings. The highest BCUT2D eigenvalue weighted by Gasteiger charge is 2.23. The molecule has 7 heteroatoms. The van der Waals surface area contributed by atoms with Crippen LogP contribution in [-0.2, 0) is 15.3 Å². The highest BCUT2D eigenvalue weighted by molar-refractivity contribution is 7.98. The second kappa shape index (κ2) is 9.78. The number of ether oxygens (including phenoxy) is 1. The molecule has 2 aromatic rings. The van der Waals surface area contributed by atoms with Crippen LogP contribution < -0.4 is 0 Å². The molecule has 0 bridgehead atoms. The van der Waals surface area contributed by atoms with Crippen molar-refractivity contribution in [3.63, 3.8) is 0 Å². The smallest absolute Gasteiger partial charge is 0.339 e. The van der Waals surface area contributed by atoms with Crippen molar-refractivity contribution in [2.24, 2.45) is 0 Å². The van der Waals surface area contributed by atoms with E-state index in [4.69, 9.17) is 9.26 Å². The lowest BCUT2D eigenvalue weighted by atomic mass is 9.94. The van der Waals surface area contributed by atoms with Gasteiger partial charge in [-0.15, -0.1) is 11.8 Å². The number of esters is 1. The van der Waals surface area contributed by atoms with Crippen LogP contribution in [0.3, 0.4) is 0 Å². The van der Waals surface area contributed by atoms with Gasteiger partial charge >= 0.3 is 5.97 Å². The zero-order valence-electron chi connectivity index (χ0n) is 16.3. The summed E-state index contributed by atoms with van der Waals surface area (Å²) in [5.74, 6) is 0.711. The number of aromatic nitrogens is 1. The van der Waals surface area contributed by atoms with Crippen LogP contribution in [0.4, 0.5) is 0 Å². The van der Waals surface area contributed by atoms with Gasteiger partial charge in [0.15, 0.2) is 6.61 Å². The third-order valence-corrected chi connectivity index (χ3v) is 6.11. The first-order valence-electron chi connectivity index (χ1n) is 9.61. The zero-order chi connectivity index (χ0) is 19.9. The van der Waals surface area contributed by atoms with Crippen molar-refractivity contribution in [1.82, 2.24) is 10.1 Å². The monoisotopic (exact) mass is 402 g/mol. The van der Waals surface area contributed by atoms with Crippen LogP contribution in [0, 0.1) is 6.92 Å². The Bertz CT molecular complexity index is 814. The van der Waals surface area contributed by atoms with Gasteiger partial charge in [0.1, 0.15) is 5.76 Å². The van der Waals surface area contributed by atoms with Crippen molar-refractivity contribution in [3.8, 4) is 0 Å². The van der Waals surface area contributed by atoms with Crippen LogP contribution in [0.2, 0.25) is 0 Å². The minimum absolute atomic E-state index is 0.150. The van der Waals surface area contributed by atoms with Crippen LogP contribution in [-0.4, -0.2) is 41.6 Å². The maximum Gasteiger partial charge on any atom is 0.339 e. The van der Waals surface area contributed by atoms with E-state index >= 15 is 0 Å². The van der Waals surface area contributed by atoms with Crippen LogP contribution in [0.5, 0.6) is 0 Å². The summed E-state index contributed by atoms with van der Waals surface area (Å²) in [6, 6.07) is 9.37. The third-order valence-electron chi connectivity index (χ3n) is 5.00. The molecule has 0 radical (unpaired) electrons. The lowest BCUT2D eigenvalue weighted by Crippen LogP contribution is -2.40. The minimum Gasteiger partial charge on any atom is -0.452 e. The van der Waals surface area contributed by atoms with E-state index in [0.29, 0.717) is 11.3 Å². The molecule has 1 aromatic heterocycles. The van der Waals surface area contributed by atoms with Gasteiger partial charge in [0, 0.05) is 29.8 Å². The van der Waals surface area contributed by atoms with Crippen molar-refractivity contribution in [3.05, 3.63) is 47.3 Å². The molecule has 6 nitrogen and oxygen atoms in total. The second-order valence-corrected chi connectivity index (χ2v) is 8.10. The summed E-state index contributed by atoms with van der Waals surface area (Å²) < 4.78 is 10.4. The fourth-order valence-corrected chi connectivity index (χ4v) is 4.30. The van der Waals surface area contributed by atoms with Gasteiger partial charge in [-0.3, -0.25) is 4.79 Å². The Balaban J connectivity index is 1.55. The van der Waals surface area contributed by atoms with Gasteiger partial charge in [0.05, 0.1) is 11.3 Å². The molecule has 3 rings (SSSR count). The van der Waals surface area contributed by atoms with Crippen LogP contribution in [0.1, 0.15) is 53.9 Å². The summed E-state index contributed by atoms with van der Waals surface area (Å²) in [4.78, 5) is 27.5. The first-order chi connectivity index (χ1) is 13.5. The number of carbonyl (C=O) groups is 2. The van der Waals surface area contributed by atoms with Crippen molar-refractivity contribution in [2.75, 3.05) is 13.7 Å².